The lowest BCUT2D eigenvalue weighted by Gasteiger charge is -2.34. The van der Waals surface area contributed by atoms with Crippen molar-refractivity contribution in [3.05, 3.63) is 87.5 Å². The highest BCUT2D eigenvalue weighted by Gasteiger charge is 2.31. The second-order valence-electron chi connectivity index (χ2n) is 9.30. The highest BCUT2D eigenvalue weighted by molar-refractivity contribution is 7.21. The highest BCUT2D eigenvalue weighted by Crippen LogP contribution is 2.39. The van der Waals surface area contributed by atoms with Crippen molar-refractivity contribution in [1.82, 2.24) is 4.90 Å². The van der Waals surface area contributed by atoms with Crippen molar-refractivity contribution < 1.29 is 13.9 Å². The van der Waals surface area contributed by atoms with Gasteiger partial charge in [0.25, 0.3) is 5.91 Å². The van der Waals surface area contributed by atoms with Crippen molar-refractivity contribution in [2.45, 2.75) is 44.7 Å². The number of benzene rings is 3. The third kappa shape index (κ3) is 5.07. The molecule has 0 radical (unpaired) electrons. The first-order chi connectivity index (χ1) is 18.0. The Balaban J connectivity index is 1.55. The molecule has 0 saturated heterocycles. The van der Waals surface area contributed by atoms with Gasteiger partial charge >= 0.3 is 0 Å². The second-order valence-corrected chi connectivity index (χ2v) is 10.7. The smallest absolute Gasteiger partial charge is 0.266 e. The molecule has 1 aliphatic carbocycles. The number of carbonyl (C=O) groups excluding carboxylic acids is 1. The summed E-state index contributed by atoms with van der Waals surface area (Å²) in [7, 11) is 1.62. The molecule has 37 heavy (non-hydrogen) atoms. The Kier molecular flexibility index (Phi) is 7.45. The lowest BCUT2D eigenvalue weighted by Crippen LogP contribution is -2.40. The molecular weight excluding hydrogens is 507 g/mol. The molecule has 1 aliphatic rings. The molecule has 1 amide bonds. The fourth-order valence-electron chi connectivity index (χ4n) is 5.13. The van der Waals surface area contributed by atoms with Crippen LogP contribution in [0.2, 0.25) is 5.02 Å². The van der Waals surface area contributed by atoms with Crippen LogP contribution >= 0.6 is 22.9 Å². The van der Waals surface area contributed by atoms with Gasteiger partial charge in [-0.25, -0.2) is 4.39 Å². The van der Waals surface area contributed by atoms with E-state index in [1.54, 1.807) is 25.3 Å². The number of nitrogens with zero attached hydrogens (tertiary/aromatic N) is 2. The van der Waals surface area contributed by atoms with Gasteiger partial charge in [0, 0.05) is 28.2 Å². The van der Waals surface area contributed by atoms with E-state index in [1.807, 2.05) is 41.3 Å². The van der Waals surface area contributed by atoms with Crippen LogP contribution < -0.4 is 4.74 Å². The van der Waals surface area contributed by atoms with E-state index in [9.17, 15) is 14.4 Å². The maximum atomic E-state index is 14.5. The minimum absolute atomic E-state index is 0.0580. The summed E-state index contributed by atoms with van der Waals surface area (Å²) in [4.78, 5) is 16.3. The van der Waals surface area contributed by atoms with Crippen LogP contribution in [0.15, 0.2) is 60.7 Å². The molecule has 1 aromatic heterocycles. The molecule has 4 aromatic rings. The number of amides is 1. The van der Waals surface area contributed by atoms with Gasteiger partial charge in [0.1, 0.15) is 16.4 Å². The first kappa shape index (κ1) is 25.3. The summed E-state index contributed by atoms with van der Waals surface area (Å²) < 4.78 is 20.9. The Morgan fingerprint density at radius 1 is 1.11 bits per heavy atom. The van der Waals surface area contributed by atoms with E-state index in [4.69, 9.17) is 16.3 Å². The number of ether oxygens (including phenoxy) is 1. The predicted octanol–water partition coefficient (Wildman–Crippen LogP) is 8.22. The molecule has 1 fully saturated rings. The van der Waals surface area contributed by atoms with Gasteiger partial charge in [-0.3, -0.25) is 4.79 Å². The van der Waals surface area contributed by atoms with Crippen LogP contribution in [0.25, 0.3) is 21.2 Å². The molecular formula is C30H26ClFN2O2S. The number of fused-ring (bicyclic) bond motifs is 1. The summed E-state index contributed by atoms with van der Waals surface area (Å²) >= 11 is 7.85. The van der Waals surface area contributed by atoms with E-state index in [1.165, 1.54) is 17.4 Å². The van der Waals surface area contributed by atoms with E-state index >= 15 is 0 Å². The summed E-state index contributed by atoms with van der Waals surface area (Å²) in [6, 6.07) is 20.3. The first-order valence-electron chi connectivity index (χ1n) is 12.3. The summed E-state index contributed by atoms with van der Waals surface area (Å²) in [6.45, 7) is 0.339. The van der Waals surface area contributed by atoms with Gasteiger partial charge in [-0.15, -0.1) is 11.3 Å². The predicted molar refractivity (Wildman–Crippen MR) is 147 cm³/mol. The van der Waals surface area contributed by atoms with Crippen LogP contribution in [0.5, 0.6) is 5.75 Å². The SMILES string of the molecule is COc1ccc(-c2cccc(C#N)c2)cc1CN(C(=O)c1sc2cccc(F)c2c1Cl)C1CCCCC1. The van der Waals surface area contributed by atoms with Gasteiger partial charge in [0.2, 0.25) is 0 Å². The molecule has 0 bridgehead atoms. The Morgan fingerprint density at radius 2 is 1.86 bits per heavy atom. The van der Waals surface area contributed by atoms with Gasteiger partial charge in [-0.2, -0.15) is 5.26 Å². The molecule has 4 nitrogen and oxygen atoms in total. The fourth-order valence-corrected chi connectivity index (χ4v) is 6.64. The average molecular weight is 533 g/mol. The highest BCUT2D eigenvalue weighted by atomic mass is 35.5. The minimum atomic E-state index is -0.420. The molecule has 0 aliphatic heterocycles. The molecule has 3 aromatic carbocycles. The Hall–Kier alpha value is -3.40. The zero-order chi connectivity index (χ0) is 25.9. The van der Waals surface area contributed by atoms with Gasteiger partial charge in [0.05, 0.1) is 23.8 Å². The molecule has 0 N–H and O–H groups in total. The largest absolute Gasteiger partial charge is 0.496 e. The lowest BCUT2D eigenvalue weighted by atomic mass is 9.93. The van der Waals surface area contributed by atoms with Crippen LogP contribution in [0.3, 0.4) is 0 Å². The van der Waals surface area contributed by atoms with E-state index in [-0.39, 0.29) is 17.0 Å². The minimum Gasteiger partial charge on any atom is -0.496 e. The molecule has 0 unspecified atom stereocenters. The van der Waals surface area contributed by atoms with Crippen molar-refractivity contribution in [2.24, 2.45) is 0 Å². The van der Waals surface area contributed by atoms with E-state index < -0.39 is 5.82 Å². The molecule has 1 heterocycles. The van der Waals surface area contributed by atoms with Crippen molar-refractivity contribution in [3.8, 4) is 22.9 Å². The number of hydrogen-bond donors (Lipinski definition) is 0. The van der Waals surface area contributed by atoms with E-state index in [0.29, 0.717) is 32.8 Å². The zero-order valence-corrected chi connectivity index (χ0v) is 22.0. The fraction of sp³-hybridized carbons (Fsp3) is 0.267. The number of rotatable bonds is 6. The molecule has 5 rings (SSSR count). The van der Waals surface area contributed by atoms with E-state index in [0.717, 1.165) is 48.8 Å². The second kappa shape index (κ2) is 10.9. The zero-order valence-electron chi connectivity index (χ0n) is 20.5. The number of hydrogen-bond acceptors (Lipinski definition) is 4. The van der Waals surface area contributed by atoms with Gasteiger partial charge in [0.15, 0.2) is 0 Å². The maximum absolute atomic E-state index is 14.5. The third-order valence-corrected chi connectivity index (χ3v) is 8.66. The van der Waals surface area contributed by atoms with Crippen LogP contribution in [-0.2, 0) is 6.54 Å². The standard InChI is InChI=1S/C30H26ClFN2O2S/c1-36-25-14-13-21(20-8-5-7-19(15-20)17-33)16-22(25)18-34(23-9-3-2-4-10-23)30(35)29-28(31)27-24(32)11-6-12-26(27)37-29/h5-8,11-16,23H,2-4,9-10,18H2,1H3. The molecule has 7 heteroatoms. The molecule has 0 spiro atoms. The number of carbonyl (C=O) groups is 1. The quantitative estimate of drug-likeness (QED) is 0.251. The van der Waals surface area contributed by atoms with Crippen LogP contribution in [0.4, 0.5) is 4.39 Å². The average Bonchev–Trinajstić information content (AvgIpc) is 3.29. The van der Waals surface area contributed by atoms with Crippen molar-refractivity contribution >= 4 is 38.9 Å². The van der Waals surface area contributed by atoms with E-state index in [2.05, 4.69) is 6.07 Å². The monoisotopic (exact) mass is 532 g/mol. The summed E-state index contributed by atoms with van der Waals surface area (Å²) in [5.74, 6) is 0.0784. The van der Waals surface area contributed by atoms with Gasteiger partial charge in [-0.1, -0.05) is 55.1 Å². The Morgan fingerprint density at radius 3 is 2.59 bits per heavy atom. The maximum Gasteiger partial charge on any atom is 0.266 e. The molecule has 0 atom stereocenters. The summed E-state index contributed by atoms with van der Waals surface area (Å²) in [5.41, 5.74) is 3.30. The van der Waals surface area contributed by atoms with Crippen molar-refractivity contribution in [3.63, 3.8) is 0 Å². The number of nitriles is 1. The molecule has 1 saturated carbocycles. The summed E-state index contributed by atoms with van der Waals surface area (Å²) in [5, 5.41) is 9.81. The Bertz CT molecular complexity index is 1500. The van der Waals surface area contributed by atoms with Crippen molar-refractivity contribution in [2.75, 3.05) is 7.11 Å². The lowest BCUT2D eigenvalue weighted by molar-refractivity contribution is 0.0618. The number of halogens is 2. The van der Waals surface area contributed by atoms with Crippen molar-refractivity contribution in [1.29, 1.82) is 5.26 Å². The van der Waals surface area contributed by atoms with Gasteiger partial charge in [-0.05, 0) is 60.4 Å². The van der Waals surface area contributed by atoms with Gasteiger partial charge < -0.3 is 9.64 Å². The topological polar surface area (TPSA) is 53.3 Å². The van der Waals surface area contributed by atoms with Crippen LogP contribution in [-0.4, -0.2) is 24.0 Å². The number of methoxy groups -OCH3 is 1. The third-order valence-electron chi connectivity index (χ3n) is 7.02. The number of thiophene rings is 1. The normalized spacial score (nSPS) is 13.9. The first-order valence-corrected chi connectivity index (χ1v) is 13.5. The summed E-state index contributed by atoms with van der Waals surface area (Å²) in [6.07, 6.45) is 5.09. The van der Waals surface area contributed by atoms with Crippen LogP contribution in [0, 0.1) is 17.1 Å². The Labute approximate surface area is 224 Å². The van der Waals surface area contributed by atoms with Crippen LogP contribution in [0.1, 0.15) is 52.9 Å². The molecule has 188 valence electrons.